The number of aryl methyl sites for hydroxylation is 2. The Labute approximate surface area is 150 Å². The number of halogens is 2. The molecular weight excluding hydrogens is 336 g/mol. The third kappa shape index (κ3) is 4.19. The molecule has 4 nitrogen and oxygen atoms in total. The van der Waals surface area contributed by atoms with Gasteiger partial charge >= 0.3 is 5.69 Å². The first kappa shape index (κ1) is 18.3. The van der Waals surface area contributed by atoms with E-state index in [0.29, 0.717) is 6.42 Å². The van der Waals surface area contributed by atoms with E-state index in [1.54, 1.807) is 17.7 Å². The molecule has 0 fully saturated rings. The standard InChI is InChI=1S/C20H23F2N3O/c1-13(10-15-5-7-16(21)17(22)11-15)23-9-3-4-14-6-8-19-18(12-14)24-20(26)25(19)2/h5-8,11-13,23H,3-4,9-10H2,1-2H3,(H,24,26). The molecule has 1 heterocycles. The highest BCUT2D eigenvalue weighted by Crippen LogP contribution is 2.14. The molecule has 0 radical (unpaired) electrons. The predicted octanol–water partition coefficient (Wildman–Crippen LogP) is 3.30. The zero-order valence-electron chi connectivity index (χ0n) is 15.0. The topological polar surface area (TPSA) is 49.8 Å². The highest BCUT2D eigenvalue weighted by atomic mass is 19.2. The summed E-state index contributed by atoms with van der Waals surface area (Å²) in [5.41, 5.74) is 3.60. The quantitative estimate of drug-likeness (QED) is 0.636. The summed E-state index contributed by atoms with van der Waals surface area (Å²) < 4.78 is 27.8. The van der Waals surface area contributed by atoms with Crippen LogP contribution in [0.1, 0.15) is 24.5 Å². The summed E-state index contributed by atoms with van der Waals surface area (Å²) in [7, 11) is 1.75. The number of aromatic nitrogens is 2. The molecule has 1 unspecified atom stereocenters. The lowest BCUT2D eigenvalue weighted by atomic mass is 10.1. The van der Waals surface area contributed by atoms with Gasteiger partial charge in [-0.05, 0) is 68.1 Å². The molecule has 3 rings (SSSR count). The fraction of sp³-hybridized carbons (Fsp3) is 0.350. The van der Waals surface area contributed by atoms with Gasteiger partial charge in [-0.15, -0.1) is 0 Å². The van der Waals surface area contributed by atoms with Crippen LogP contribution >= 0.6 is 0 Å². The molecule has 0 saturated carbocycles. The summed E-state index contributed by atoms with van der Waals surface area (Å²) in [5, 5.41) is 3.41. The van der Waals surface area contributed by atoms with E-state index in [4.69, 9.17) is 0 Å². The average molecular weight is 359 g/mol. The Kier molecular flexibility index (Phi) is 5.52. The molecule has 2 aromatic carbocycles. The monoisotopic (exact) mass is 359 g/mol. The van der Waals surface area contributed by atoms with Gasteiger partial charge in [0.2, 0.25) is 0 Å². The number of hydrogen-bond acceptors (Lipinski definition) is 2. The second-order valence-corrected chi connectivity index (χ2v) is 6.75. The summed E-state index contributed by atoms with van der Waals surface area (Å²) >= 11 is 0. The van der Waals surface area contributed by atoms with Crippen molar-refractivity contribution >= 4 is 11.0 Å². The van der Waals surface area contributed by atoms with Gasteiger partial charge in [-0.25, -0.2) is 13.6 Å². The number of hydrogen-bond donors (Lipinski definition) is 2. The van der Waals surface area contributed by atoms with E-state index in [1.165, 1.54) is 17.7 Å². The number of aromatic amines is 1. The van der Waals surface area contributed by atoms with Crippen molar-refractivity contribution in [2.75, 3.05) is 6.54 Å². The normalized spacial score (nSPS) is 12.6. The van der Waals surface area contributed by atoms with Crippen molar-refractivity contribution in [1.29, 1.82) is 0 Å². The summed E-state index contributed by atoms with van der Waals surface area (Å²) in [4.78, 5) is 14.5. The van der Waals surface area contributed by atoms with Gasteiger partial charge in [0.05, 0.1) is 11.0 Å². The van der Waals surface area contributed by atoms with Crippen molar-refractivity contribution in [2.24, 2.45) is 7.05 Å². The fourth-order valence-electron chi connectivity index (χ4n) is 3.17. The summed E-state index contributed by atoms with van der Waals surface area (Å²) in [6, 6.07) is 10.2. The molecule has 0 saturated heterocycles. The molecule has 6 heteroatoms. The third-order valence-corrected chi connectivity index (χ3v) is 4.63. The molecule has 2 N–H and O–H groups in total. The summed E-state index contributed by atoms with van der Waals surface area (Å²) in [6.07, 6.45) is 2.50. The van der Waals surface area contributed by atoms with Gasteiger partial charge in [0, 0.05) is 13.1 Å². The van der Waals surface area contributed by atoms with Crippen LogP contribution in [0.2, 0.25) is 0 Å². The maximum Gasteiger partial charge on any atom is 0.326 e. The number of H-pyrrole nitrogens is 1. The van der Waals surface area contributed by atoms with Gasteiger partial charge in [-0.3, -0.25) is 4.57 Å². The molecule has 1 atom stereocenters. The van der Waals surface area contributed by atoms with Gasteiger partial charge in [0.25, 0.3) is 0 Å². The van der Waals surface area contributed by atoms with Crippen LogP contribution in [0.3, 0.4) is 0 Å². The van der Waals surface area contributed by atoms with E-state index < -0.39 is 11.6 Å². The number of imidazole rings is 1. The highest BCUT2D eigenvalue weighted by Gasteiger charge is 2.07. The van der Waals surface area contributed by atoms with E-state index >= 15 is 0 Å². The van der Waals surface area contributed by atoms with Gasteiger partial charge < -0.3 is 10.3 Å². The van der Waals surface area contributed by atoms with Crippen LogP contribution in [0.5, 0.6) is 0 Å². The molecule has 0 aliphatic carbocycles. The minimum atomic E-state index is -0.814. The zero-order valence-corrected chi connectivity index (χ0v) is 15.0. The van der Waals surface area contributed by atoms with Crippen molar-refractivity contribution in [3.8, 4) is 0 Å². The van der Waals surface area contributed by atoms with Crippen molar-refractivity contribution < 1.29 is 8.78 Å². The maximum absolute atomic E-state index is 13.2. The lowest BCUT2D eigenvalue weighted by molar-refractivity contribution is 0.501. The van der Waals surface area contributed by atoms with Gasteiger partial charge in [-0.2, -0.15) is 0 Å². The van der Waals surface area contributed by atoms with E-state index in [9.17, 15) is 13.6 Å². The van der Waals surface area contributed by atoms with Crippen LogP contribution in [0, 0.1) is 11.6 Å². The van der Waals surface area contributed by atoms with Crippen LogP contribution < -0.4 is 11.0 Å². The SMILES string of the molecule is CC(Cc1ccc(F)c(F)c1)NCCCc1ccc2c(c1)[nH]c(=O)n2C. The maximum atomic E-state index is 13.2. The first-order valence-corrected chi connectivity index (χ1v) is 8.79. The van der Waals surface area contributed by atoms with Crippen molar-refractivity contribution in [3.05, 3.63) is 69.6 Å². The smallest absolute Gasteiger partial charge is 0.314 e. The molecule has 0 bridgehead atoms. The number of nitrogens with one attached hydrogen (secondary N) is 2. The Balaban J connectivity index is 1.47. The van der Waals surface area contributed by atoms with Crippen LogP contribution in [0.25, 0.3) is 11.0 Å². The number of benzene rings is 2. The second kappa shape index (κ2) is 7.83. The Morgan fingerprint density at radius 3 is 2.65 bits per heavy atom. The minimum absolute atomic E-state index is 0.107. The first-order valence-electron chi connectivity index (χ1n) is 8.79. The highest BCUT2D eigenvalue weighted by molar-refractivity contribution is 5.75. The Bertz CT molecular complexity index is 961. The number of rotatable bonds is 7. The fourth-order valence-corrected chi connectivity index (χ4v) is 3.17. The Hall–Kier alpha value is -2.47. The van der Waals surface area contributed by atoms with Crippen LogP contribution in [0.4, 0.5) is 8.78 Å². The van der Waals surface area contributed by atoms with Gasteiger partial charge in [0.1, 0.15) is 0 Å². The van der Waals surface area contributed by atoms with Crippen LogP contribution in [-0.4, -0.2) is 22.1 Å². The Morgan fingerprint density at radius 1 is 1.12 bits per heavy atom. The molecule has 0 aliphatic heterocycles. The van der Waals surface area contributed by atoms with Gasteiger partial charge in [0.15, 0.2) is 11.6 Å². The lowest BCUT2D eigenvalue weighted by Crippen LogP contribution is -2.29. The lowest BCUT2D eigenvalue weighted by Gasteiger charge is -2.14. The summed E-state index contributed by atoms with van der Waals surface area (Å²) in [5.74, 6) is -1.62. The van der Waals surface area contributed by atoms with Crippen LogP contribution in [-0.2, 0) is 19.9 Å². The molecule has 138 valence electrons. The molecule has 26 heavy (non-hydrogen) atoms. The van der Waals surface area contributed by atoms with E-state index in [2.05, 4.69) is 10.3 Å². The molecule has 1 aromatic heterocycles. The zero-order chi connectivity index (χ0) is 18.7. The summed E-state index contributed by atoms with van der Waals surface area (Å²) in [6.45, 7) is 2.86. The Morgan fingerprint density at radius 2 is 1.88 bits per heavy atom. The average Bonchev–Trinajstić information content (AvgIpc) is 2.89. The molecule has 0 amide bonds. The van der Waals surface area contributed by atoms with Gasteiger partial charge in [-0.1, -0.05) is 12.1 Å². The number of fused-ring (bicyclic) bond motifs is 1. The minimum Gasteiger partial charge on any atom is -0.314 e. The predicted molar refractivity (Wildman–Crippen MR) is 99.4 cm³/mol. The van der Waals surface area contributed by atoms with Crippen molar-refractivity contribution in [2.45, 2.75) is 32.2 Å². The third-order valence-electron chi connectivity index (χ3n) is 4.63. The number of nitrogens with zero attached hydrogens (tertiary/aromatic N) is 1. The van der Waals surface area contributed by atoms with Crippen molar-refractivity contribution in [1.82, 2.24) is 14.9 Å². The van der Waals surface area contributed by atoms with E-state index in [0.717, 1.165) is 36.0 Å². The molecule has 0 spiro atoms. The largest absolute Gasteiger partial charge is 0.326 e. The first-order chi connectivity index (χ1) is 12.4. The van der Waals surface area contributed by atoms with E-state index in [1.807, 2.05) is 25.1 Å². The molecule has 0 aliphatic rings. The molecule has 3 aromatic rings. The molecular formula is C20H23F2N3O. The van der Waals surface area contributed by atoms with E-state index in [-0.39, 0.29) is 11.7 Å². The second-order valence-electron chi connectivity index (χ2n) is 6.75. The van der Waals surface area contributed by atoms with Crippen molar-refractivity contribution in [3.63, 3.8) is 0 Å². The van der Waals surface area contributed by atoms with Crippen LogP contribution in [0.15, 0.2) is 41.2 Å².